The molecule has 0 fully saturated rings. The zero-order valence-corrected chi connectivity index (χ0v) is 11.7. The van der Waals surface area contributed by atoms with E-state index in [2.05, 4.69) is 4.98 Å². The minimum atomic E-state index is -0.826. The Morgan fingerprint density at radius 2 is 2.05 bits per heavy atom. The Kier molecular flexibility index (Phi) is 4.37. The summed E-state index contributed by atoms with van der Waals surface area (Å²) in [5.74, 6) is -0.727. The number of carbonyl (C=O) groups is 2. The molecule has 0 unspecified atom stereocenters. The second-order valence-corrected chi connectivity index (χ2v) is 4.83. The van der Waals surface area contributed by atoms with Crippen LogP contribution in [0.4, 0.5) is 5.82 Å². The van der Waals surface area contributed by atoms with Crippen molar-refractivity contribution < 1.29 is 14.7 Å². The van der Waals surface area contributed by atoms with Gasteiger partial charge in [-0.05, 0) is 18.6 Å². The molecule has 0 saturated carbocycles. The number of fused-ring (bicyclic) bond motifs is 1. The van der Waals surface area contributed by atoms with Crippen LogP contribution in [0, 0.1) is 0 Å². The van der Waals surface area contributed by atoms with Gasteiger partial charge in [-0.25, -0.2) is 4.98 Å². The van der Waals surface area contributed by atoms with Crippen molar-refractivity contribution in [2.45, 2.75) is 12.8 Å². The smallest absolute Gasteiger partial charge is 0.303 e. The summed E-state index contributed by atoms with van der Waals surface area (Å²) in [7, 11) is 1.81. The number of carboxylic acid groups (broad SMARTS) is 1. The van der Waals surface area contributed by atoms with Crippen LogP contribution in [0.2, 0.25) is 0 Å². The van der Waals surface area contributed by atoms with Crippen molar-refractivity contribution in [1.29, 1.82) is 0 Å². The van der Waals surface area contributed by atoms with E-state index >= 15 is 0 Å². The fourth-order valence-corrected chi connectivity index (χ4v) is 2.14. The van der Waals surface area contributed by atoms with Crippen LogP contribution in [-0.2, 0) is 4.79 Å². The lowest BCUT2D eigenvalue weighted by molar-refractivity contribution is -0.137. The third-order valence-electron chi connectivity index (χ3n) is 3.24. The summed E-state index contributed by atoms with van der Waals surface area (Å²) in [4.78, 5) is 28.4. The standard InChI is InChI=1S/C15H17N3O3/c1-18(8-4-7-14(19)20)13-9-11(15(16)21)10-5-2-3-6-12(10)17-13/h2-3,5-6,9H,4,7-8H2,1H3,(H2,16,21)(H,19,20). The first-order chi connectivity index (χ1) is 9.99. The second-order valence-electron chi connectivity index (χ2n) is 4.83. The number of hydrogen-bond donors (Lipinski definition) is 2. The van der Waals surface area contributed by atoms with E-state index in [4.69, 9.17) is 10.8 Å². The highest BCUT2D eigenvalue weighted by Crippen LogP contribution is 2.22. The predicted molar refractivity (Wildman–Crippen MR) is 80.4 cm³/mol. The number of benzene rings is 1. The Balaban J connectivity index is 2.31. The summed E-state index contributed by atoms with van der Waals surface area (Å²) in [6, 6.07) is 8.93. The molecule has 1 heterocycles. The molecule has 0 spiro atoms. The van der Waals surface area contributed by atoms with E-state index in [9.17, 15) is 9.59 Å². The van der Waals surface area contributed by atoms with Gasteiger partial charge in [-0.1, -0.05) is 18.2 Å². The fraction of sp³-hybridized carbons (Fsp3) is 0.267. The number of primary amides is 1. The van der Waals surface area contributed by atoms with Crippen LogP contribution in [0.15, 0.2) is 30.3 Å². The average molecular weight is 287 g/mol. The van der Waals surface area contributed by atoms with Gasteiger partial charge in [-0.2, -0.15) is 0 Å². The van der Waals surface area contributed by atoms with Crippen molar-refractivity contribution in [1.82, 2.24) is 4.98 Å². The molecule has 1 amide bonds. The van der Waals surface area contributed by atoms with E-state index in [1.165, 1.54) is 0 Å². The quantitative estimate of drug-likeness (QED) is 0.841. The number of pyridine rings is 1. The fourth-order valence-electron chi connectivity index (χ4n) is 2.14. The number of nitrogens with two attached hydrogens (primary N) is 1. The Hall–Kier alpha value is -2.63. The number of amides is 1. The second kappa shape index (κ2) is 6.21. The van der Waals surface area contributed by atoms with Gasteiger partial charge >= 0.3 is 5.97 Å². The van der Waals surface area contributed by atoms with Gasteiger partial charge in [0.05, 0.1) is 11.1 Å². The van der Waals surface area contributed by atoms with Gasteiger partial charge in [0.15, 0.2) is 0 Å². The molecule has 0 aliphatic heterocycles. The molecule has 1 aromatic heterocycles. The third kappa shape index (κ3) is 3.47. The Labute approximate surface area is 122 Å². The first kappa shape index (κ1) is 14.8. The molecule has 0 saturated heterocycles. The van der Waals surface area contributed by atoms with Gasteiger partial charge in [-0.15, -0.1) is 0 Å². The molecule has 1 aromatic carbocycles. The molecule has 2 rings (SSSR count). The summed E-state index contributed by atoms with van der Waals surface area (Å²) < 4.78 is 0. The lowest BCUT2D eigenvalue weighted by Gasteiger charge is -2.19. The number of hydrogen-bond acceptors (Lipinski definition) is 4. The molecule has 6 nitrogen and oxygen atoms in total. The highest BCUT2D eigenvalue weighted by molar-refractivity contribution is 6.06. The molecule has 2 aromatic rings. The molecular weight excluding hydrogens is 270 g/mol. The van der Waals surface area contributed by atoms with Gasteiger partial charge in [-0.3, -0.25) is 9.59 Å². The summed E-state index contributed by atoms with van der Waals surface area (Å²) >= 11 is 0. The number of aliphatic carboxylic acids is 1. The number of aromatic nitrogens is 1. The third-order valence-corrected chi connectivity index (χ3v) is 3.24. The zero-order valence-electron chi connectivity index (χ0n) is 11.7. The molecule has 0 aliphatic rings. The molecule has 6 heteroatoms. The molecule has 0 aliphatic carbocycles. The number of carbonyl (C=O) groups excluding carboxylic acids is 1. The van der Waals surface area contributed by atoms with Crippen LogP contribution >= 0.6 is 0 Å². The molecule has 3 N–H and O–H groups in total. The number of rotatable bonds is 6. The van der Waals surface area contributed by atoms with Crippen LogP contribution in [0.5, 0.6) is 0 Å². The number of carboxylic acids is 1. The van der Waals surface area contributed by atoms with Gasteiger partial charge in [0, 0.05) is 25.4 Å². The van der Waals surface area contributed by atoms with Gasteiger partial charge in [0.25, 0.3) is 0 Å². The van der Waals surface area contributed by atoms with Crippen LogP contribution in [0.25, 0.3) is 10.9 Å². The van der Waals surface area contributed by atoms with Gasteiger partial charge in [0.1, 0.15) is 5.82 Å². The van der Waals surface area contributed by atoms with Crippen LogP contribution in [0.1, 0.15) is 23.2 Å². The lowest BCUT2D eigenvalue weighted by atomic mass is 10.1. The lowest BCUT2D eigenvalue weighted by Crippen LogP contribution is -2.22. The van der Waals surface area contributed by atoms with Gasteiger partial charge in [0.2, 0.25) is 5.91 Å². The SMILES string of the molecule is CN(CCCC(=O)O)c1cc(C(N)=O)c2ccccc2n1. The highest BCUT2D eigenvalue weighted by Gasteiger charge is 2.12. The first-order valence-electron chi connectivity index (χ1n) is 6.61. The number of nitrogens with zero attached hydrogens (tertiary/aromatic N) is 2. The summed E-state index contributed by atoms with van der Waals surface area (Å²) in [6.07, 6.45) is 0.604. The van der Waals surface area contributed by atoms with Crippen molar-refractivity contribution in [2.75, 3.05) is 18.5 Å². The minimum Gasteiger partial charge on any atom is -0.481 e. The molecule has 0 atom stereocenters. The zero-order chi connectivity index (χ0) is 15.4. The first-order valence-corrected chi connectivity index (χ1v) is 6.61. The Bertz CT molecular complexity index is 685. The van der Waals surface area contributed by atoms with Crippen molar-refractivity contribution in [3.05, 3.63) is 35.9 Å². The molecular formula is C15H17N3O3. The van der Waals surface area contributed by atoms with E-state index in [1.807, 2.05) is 30.1 Å². The maximum Gasteiger partial charge on any atom is 0.303 e. The summed E-state index contributed by atoms with van der Waals surface area (Å²) in [5.41, 5.74) is 6.53. The van der Waals surface area contributed by atoms with Crippen molar-refractivity contribution in [2.24, 2.45) is 5.73 Å². The Morgan fingerprint density at radius 3 is 2.71 bits per heavy atom. The van der Waals surface area contributed by atoms with Crippen LogP contribution < -0.4 is 10.6 Å². The average Bonchev–Trinajstić information content (AvgIpc) is 2.45. The number of para-hydroxylation sites is 1. The normalized spacial score (nSPS) is 10.5. The maximum absolute atomic E-state index is 11.6. The van der Waals surface area contributed by atoms with E-state index in [0.717, 1.165) is 0 Å². The summed E-state index contributed by atoms with van der Waals surface area (Å²) in [5, 5.41) is 9.38. The highest BCUT2D eigenvalue weighted by atomic mass is 16.4. The van der Waals surface area contributed by atoms with E-state index in [0.29, 0.717) is 35.2 Å². The Morgan fingerprint density at radius 1 is 1.33 bits per heavy atom. The van der Waals surface area contributed by atoms with E-state index < -0.39 is 11.9 Å². The predicted octanol–water partition coefficient (Wildman–Crippen LogP) is 1.63. The number of anilines is 1. The molecule has 110 valence electrons. The summed E-state index contributed by atoms with van der Waals surface area (Å²) in [6.45, 7) is 0.538. The van der Waals surface area contributed by atoms with E-state index in [1.54, 1.807) is 12.1 Å². The van der Waals surface area contributed by atoms with Crippen molar-refractivity contribution in [3.63, 3.8) is 0 Å². The van der Waals surface area contributed by atoms with Gasteiger partial charge < -0.3 is 15.7 Å². The molecule has 21 heavy (non-hydrogen) atoms. The molecule has 0 radical (unpaired) electrons. The monoisotopic (exact) mass is 287 g/mol. The minimum absolute atomic E-state index is 0.0978. The largest absolute Gasteiger partial charge is 0.481 e. The maximum atomic E-state index is 11.6. The van der Waals surface area contributed by atoms with Crippen LogP contribution in [0.3, 0.4) is 0 Å². The van der Waals surface area contributed by atoms with Crippen molar-refractivity contribution in [3.8, 4) is 0 Å². The van der Waals surface area contributed by atoms with Crippen molar-refractivity contribution >= 4 is 28.6 Å². The molecule has 0 bridgehead atoms. The van der Waals surface area contributed by atoms with E-state index in [-0.39, 0.29) is 6.42 Å². The van der Waals surface area contributed by atoms with Crippen LogP contribution in [-0.4, -0.2) is 35.6 Å². The topological polar surface area (TPSA) is 96.5 Å².